The molecule has 1 aliphatic carbocycles. The number of fused-ring (bicyclic) bond motifs is 9. The van der Waals surface area contributed by atoms with Gasteiger partial charge in [-0.15, -0.1) is 11.3 Å². The maximum atomic E-state index is 2.45. The molecule has 0 aliphatic heterocycles. The van der Waals surface area contributed by atoms with Gasteiger partial charge in [0.25, 0.3) is 0 Å². The molecule has 3 heteroatoms. The van der Waals surface area contributed by atoms with E-state index in [0.717, 1.165) is 6.42 Å². The molecule has 0 N–H and O–H groups in total. The largest absolute Gasteiger partial charge is 0.310 e. The van der Waals surface area contributed by atoms with Crippen molar-refractivity contribution in [1.29, 1.82) is 0 Å². The van der Waals surface area contributed by atoms with E-state index in [1.165, 1.54) is 81.1 Å². The minimum absolute atomic E-state index is 0.313. The van der Waals surface area contributed by atoms with E-state index in [-0.39, 0.29) is 0 Å². The number of thiophene rings is 1. The summed E-state index contributed by atoms with van der Waals surface area (Å²) in [6.45, 7) is 0. The van der Waals surface area contributed by atoms with Crippen LogP contribution in [-0.4, -0.2) is 9.13 Å². The lowest BCUT2D eigenvalue weighted by Crippen LogP contribution is -2.07. The van der Waals surface area contributed by atoms with Gasteiger partial charge in [0.15, 0.2) is 0 Å². The number of hydrogen-bond donors (Lipinski definition) is 0. The third kappa shape index (κ3) is 3.68. The Hall–Kier alpha value is -5.38. The van der Waals surface area contributed by atoms with Crippen LogP contribution in [0, 0.1) is 0 Å². The minimum atomic E-state index is 0.313. The highest BCUT2D eigenvalue weighted by molar-refractivity contribution is 7.25. The second kappa shape index (κ2) is 9.56. The highest BCUT2D eigenvalue weighted by Gasteiger charge is 2.24. The van der Waals surface area contributed by atoms with E-state index in [2.05, 4.69) is 161 Å². The van der Waals surface area contributed by atoms with Gasteiger partial charge in [0, 0.05) is 59.3 Å². The Balaban J connectivity index is 1.12. The molecule has 0 bridgehead atoms. The number of allylic oxidation sites excluding steroid dienone is 1. The summed E-state index contributed by atoms with van der Waals surface area (Å²) >= 11 is 1.87. The Kier molecular flexibility index (Phi) is 5.31. The molecule has 0 radical (unpaired) electrons. The SMILES string of the molecule is C1=CC(c2ccc3c(c2)c2ccccc2n3-c2ccc3sc4ccccc4c3c2)Cc2c1n(-c1ccccc1)c1ccccc21. The Labute approximate surface area is 264 Å². The van der Waals surface area contributed by atoms with Gasteiger partial charge in [-0.3, -0.25) is 0 Å². The number of hydrogen-bond acceptors (Lipinski definition) is 1. The number of rotatable bonds is 3. The second-order valence-electron chi connectivity index (χ2n) is 12.1. The van der Waals surface area contributed by atoms with E-state index < -0.39 is 0 Å². The van der Waals surface area contributed by atoms with Crippen molar-refractivity contribution in [3.05, 3.63) is 162 Å². The van der Waals surface area contributed by atoms with Gasteiger partial charge >= 0.3 is 0 Å². The molecule has 2 nitrogen and oxygen atoms in total. The standard InChI is InChI=1S/C42H28N2S/c1-2-10-29(11-3-1)43-37-15-7-4-12-31(37)34-24-27(18-21-39(34)43)28-19-22-40-35(25-28)32-13-5-8-16-38(32)44(40)30-20-23-42-36(26-30)33-14-6-9-17-41(33)45-42/h1-23,25-27H,24H2. The predicted octanol–water partition coefficient (Wildman–Crippen LogP) is 11.4. The molecular weight excluding hydrogens is 565 g/mol. The van der Waals surface area contributed by atoms with Gasteiger partial charge in [0.2, 0.25) is 0 Å². The van der Waals surface area contributed by atoms with Gasteiger partial charge in [0.1, 0.15) is 0 Å². The van der Waals surface area contributed by atoms with Gasteiger partial charge < -0.3 is 9.13 Å². The number of aromatic nitrogens is 2. The molecule has 9 aromatic rings. The molecule has 0 amide bonds. The van der Waals surface area contributed by atoms with Crippen LogP contribution in [0.1, 0.15) is 22.7 Å². The molecule has 45 heavy (non-hydrogen) atoms. The van der Waals surface area contributed by atoms with Crippen molar-refractivity contribution in [3.8, 4) is 11.4 Å². The van der Waals surface area contributed by atoms with Crippen LogP contribution in [0.4, 0.5) is 0 Å². The zero-order valence-corrected chi connectivity index (χ0v) is 25.3. The maximum absolute atomic E-state index is 2.45. The number of para-hydroxylation sites is 3. The summed E-state index contributed by atoms with van der Waals surface area (Å²) < 4.78 is 7.54. The van der Waals surface area contributed by atoms with Crippen LogP contribution in [0.5, 0.6) is 0 Å². The van der Waals surface area contributed by atoms with Crippen molar-refractivity contribution in [2.24, 2.45) is 0 Å². The molecule has 0 spiro atoms. The summed E-state index contributed by atoms with van der Waals surface area (Å²) in [7, 11) is 0. The van der Waals surface area contributed by atoms with E-state index in [1.54, 1.807) is 0 Å². The van der Waals surface area contributed by atoms with Crippen molar-refractivity contribution in [1.82, 2.24) is 9.13 Å². The lowest BCUT2D eigenvalue weighted by atomic mass is 9.86. The minimum Gasteiger partial charge on any atom is -0.310 e. The van der Waals surface area contributed by atoms with Crippen molar-refractivity contribution in [2.45, 2.75) is 12.3 Å². The van der Waals surface area contributed by atoms with Gasteiger partial charge in [-0.05, 0) is 84.3 Å². The highest BCUT2D eigenvalue weighted by atomic mass is 32.1. The third-order valence-corrected chi connectivity index (χ3v) is 10.8. The van der Waals surface area contributed by atoms with Gasteiger partial charge in [-0.25, -0.2) is 0 Å². The topological polar surface area (TPSA) is 9.86 Å². The van der Waals surface area contributed by atoms with Crippen LogP contribution < -0.4 is 0 Å². The van der Waals surface area contributed by atoms with E-state index in [0.29, 0.717) is 5.92 Å². The summed E-state index contributed by atoms with van der Waals surface area (Å²) in [4.78, 5) is 0. The smallest absolute Gasteiger partial charge is 0.0541 e. The van der Waals surface area contributed by atoms with Crippen LogP contribution in [0.15, 0.2) is 146 Å². The van der Waals surface area contributed by atoms with Gasteiger partial charge in [0.05, 0.1) is 16.6 Å². The lowest BCUT2D eigenvalue weighted by molar-refractivity contribution is 0.826. The molecule has 1 aliphatic rings. The van der Waals surface area contributed by atoms with Crippen molar-refractivity contribution in [2.75, 3.05) is 0 Å². The molecule has 6 aromatic carbocycles. The fourth-order valence-electron chi connectivity index (χ4n) is 7.65. The van der Waals surface area contributed by atoms with Gasteiger partial charge in [-0.1, -0.05) is 84.9 Å². The van der Waals surface area contributed by atoms with Crippen LogP contribution in [0.2, 0.25) is 0 Å². The van der Waals surface area contributed by atoms with E-state index >= 15 is 0 Å². The third-order valence-electron chi connectivity index (χ3n) is 9.69. The van der Waals surface area contributed by atoms with Gasteiger partial charge in [-0.2, -0.15) is 0 Å². The van der Waals surface area contributed by atoms with Crippen molar-refractivity contribution in [3.63, 3.8) is 0 Å². The molecular formula is C42H28N2S. The van der Waals surface area contributed by atoms with E-state index in [9.17, 15) is 0 Å². The number of nitrogens with zero attached hydrogens (tertiary/aromatic N) is 2. The Bertz CT molecular complexity index is 2630. The highest BCUT2D eigenvalue weighted by Crippen LogP contribution is 2.41. The molecule has 10 rings (SSSR count). The zero-order valence-electron chi connectivity index (χ0n) is 24.5. The maximum Gasteiger partial charge on any atom is 0.0541 e. The fraction of sp³-hybridized carbons (Fsp3) is 0.0476. The lowest BCUT2D eigenvalue weighted by Gasteiger charge is -2.20. The van der Waals surface area contributed by atoms with Crippen LogP contribution in [0.3, 0.4) is 0 Å². The molecule has 0 saturated heterocycles. The first-order chi connectivity index (χ1) is 22.3. The summed E-state index contributed by atoms with van der Waals surface area (Å²) in [6.07, 6.45) is 5.75. The molecule has 1 unspecified atom stereocenters. The quantitative estimate of drug-likeness (QED) is 0.193. The molecule has 0 fully saturated rings. The number of benzene rings is 6. The molecule has 3 heterocycles. The average Bonchev–Trinajstić information content (AvgIpc) is 3.75. The molecule has 3 aromatic heterocycles. The second-order valence-corrected chi connectivity index (χ2v) is 13.2. The summed E-state index contributed by atoms with van der Waals surface area (Å²) in [5, 5.41) is 6.61. The fourth-order valence-corrected chi connectivity index (χ4v) is 8.73. The first-order valence-corrected chi connectivity index (χ1v) is 16.4. The predicted molar refractivity (Wildman–Crippen MR) is 192 cm³/mol. The average molecular weight is 593 g/mol. The first kappa shape index (κ1) is 25.0. The monoisotopic (exact) mass is 592 g/mol. The van der Waals surface area contributed by atoms with Crippen molar-refractivity contribution >= 4 is 70.3 Å². The Morgan fingerprint density at radius 2 is 1.18 bits per heavy atom. The van der Waals surface area contributed by atoms with Crippen LogP contribution in [0.25, 0.3) is 70.3 Å². The van der Waals surface area contributed by atoms with Crippen LogP contribution in [-0.2, 0) is 6.42 Å². The summed E-state index contributed by atoms with van der Waals surface area (Å²) in [5.74, 6) is 0.313. The molecule has 0 saturated carbocycles. The Morgan fingerprint density at radius 1 is 0.489 bits per heavy atom. The van der Waals surface area contributed by atoms with E-state index in [4.69, 9.17) is 0 Å². The molecule has 1 atom stereocenters. The first-order valence-electron chi connectivity index (χ1n) is 15.6. The van der Waals surface area contributed by atoms with Crippen LogP contribution >= 0.6 is 11.3 Å². The Morgan fingerprint density at radius 3 is 2.04 bits per heavy atom. The van der Waals surface area contributed by atoms with E-state index in [1.807, 2.05) is 11.3 Å². The molecule has 212 valence electrons. The zero-order chi connectivity index (χ0) is 29.5. The summed E-state index contributed by atoms with van der Waals surface area (Å²) in [6, 6.07) is 51.3. The normalized spacial score (nSPS) is 14.7. The van der Waals surface area contributed by atoms with Crippen molar-refractivity contribution < 1.29 is 0 Å². The summed E-state index contributed by atoms with van der Waals surface area (Å²) in [5.41, 5.74) is 10.3.